The Kier molecular flexibility index (Phi) is 5.82. The minimum absolute atomic E-state index is 0.194. The van der Waals surface area contributed by atoms with Gasteiger partial charge in [0.25, 0.3) is 0 Å². The molecular weight excluding hydrogens is 500 g/mol. The standard InChI is InChI=1S/C29H29F2N7O/c1-2-38-16-19(15-32-38)29(18-9-11-39-12-10-18)26-23(22-13-21(31)7-8-24(22)33-26)14-25(35-29)28-34-27(36-37-28)17-3-5-20(30)6-4-17/h3-8,13,15-16,18,25,33,35H,2,9-12,14H2,1H3,(H,34,36,37)/t25-,29?/m1/s1. The molecule has 0 amide bonds. The summed E-state index contributed by atoms with van der Waals surface area (Å²) in [7, 11) is 0. The molecule has 3 aromatic heterocycles. The van der Waals surface area contributed by atoms with Crippen LogP contribution in [-0.2, 0) is 23.2 Å². The Morgan fingerprint density at radius 3 is 2.64 bits per heavy atom. The van der Waals surface area contributed by atoms with E-state index in [-0.39, 0.29) is 23.6 Å². The van der Waals surface area contributed by atoms with Gasteiger partial charge in [0.2, 0.25) is 0 Å². The second-order valence-corrected chi connectivity index (χ2v) is 10.4. The van der Waals surface area contributed by atoms with Crippen molar-refractivity contribution in [2.24, 2.45) is 5.92 Å². The third-order valence-electron chi connectivity index (χ3n) is 8.25. The number of nitrogens with zero attached hydrogens (tertiary/aromatic N) is 4. The number of hydrogen-bond donors (Lipinski definition) is 3. The Labute approximate surface area is 223 Å². The number of H-pyrrole nitrogens is 2. The summed E-state index contributed by atoms with van der Waals surface area (Å²) in [4.78, 5) is 8.51. The molecule has 8 nitrogen and oxygen atoms in total. The first-order chi connectivity index (χ1) is 19.0. The summed E-state index contributed by atoms with van der Waals surface area (Å²) in [5, 5.41) is 17.1. The molecule has 0 aliphatic carbocycles. The number of benzene rings is 2. The number of halogens is 2. The number of aromatic nitrogens is 6. The number of nitrogens with one attached hydrogen (secondary N) is 3. The summed E-state index contributed by atoms with van der Waals surface area (Å²) in [6.07, 6.45) is 6.35. The largest absolute Gasteiger partial charge is 0.381 e. The smallest absolute Gasteiger partial charge is 0.181 e. The molecule has 0 saturated carbocycles. The Morgan fingerprint density at radius 1 is 1.08 bits per heavy atom. The van der Waals surface area contributed by atoms with E-state index in [1.54, 1.807) is 18.2 Å². The van der Waals surface area contributed by atoms with Gasteiger partial charge < -0.3 is 9.72 Å². The number of fused-ring (bicyclic) bond motifs is 3. The van der Waals surface area contributed by atoms with Crippen molar-refractivity contribution in [1.82, 2.24) is 35.3 Å². The molecule has 2 aromatic carbocycles. The highest BCUT2D eigenvalue weighted by Crippen LogP contribution is 2.49. The number of hydrogen-bond acceptors (Lipinski definition) is 5. The number of aryl methyl sites for hydroxylation is 1. The second kappa shape index (κ2) is 9.39. The summed E-state index contributed by atoms with van der Waals surface area (Å²) in [5.41, 5.74) is 4.14. The average Bonchev–Trinajstić information content (AvgIpc) is 3.72. The zero-order valence-electron chi connectivity index (χ0n) is 21.5. The van der Waals surface area contributed by atoms with Crippen LogP contribution in [0.2, 0.25) is 0 Å². The van der Waals surface area contributed by atoms with Gasteiger partial charge in [0.05, 0.1) is 17.8 Å². The number of ether oxygens (including phenoxy) is 1. The lowest BCUT2D eigenvalue weighted by molar-refractivity contribution is 0.0302. The van der Waals surface area contributed by atoms with Crippen LogP contribution in [0.3, 0.4) is 0 Å². The predicted octanol–water partition coefficient (Wildman–Crippen LogP) is 5.00. The monoisotopic (exact) mass is 529 g/mol. The van der Waals surface area contributed by atoms with E-state index in [1.165, 1.54) is 18.2 Å². The van der Waals surface area contributed by atoms with Crippen LogP contribution in [0.1, 0.15) is 48.5 Å². The fourth-order valence-corrected chi connectivity index (χ4v) is 6.35. The third-order valence-corrected chi connectivity index (χ3v) is 8.25. The van der Waals surface area contributed by atoms with Gasteiger partial charge >= 0.3 is 0 Å². The van der Waals surface area contributed by atoms with E-state index >= 15 is 0 Å². The molecule has 0 radical (unpaired) electrons. The van der Waals surface area contributed by atoms with E-state index in [0.717, 1.165) is 52.7 Å². The Balaban J connectivity index is 1.41. The molecule has 0 spiro atoms. The van der Waals surface area contributed by atoms with Gasteiger partial charge in [-0.15, -0.1) is 0 Å². The van der Waals surface area contributed by atoms with Crippen molar-refractivity contribution in [3.63, 3.8) is 0 Å². The highest BCUT2D eigenvalue weighted by molar-refractivity contribution is 5.86. The Morgan fingerprint density at radius 2 is 1.87 bits per heavy atom. The lowest BCUT2D eigenvalue weighted by atomic mass is 9.69. The van der Waals surface area contributed by atoms with Crippen LogP contribution in [0.4, 0.5) is 8.78 Å². The van der Waals surface area contributed by atoms with Crippen LogP contribution in [-0.4, -0.2) is 43.2 Å². The van der Waals surface area contributed by atoms with Gasteiger partial charge in [-0.3, -0.25) is 15.1 Å². The van der Waals surface area contributed by atoms with E-state index in [0.29, 0.717) is 31.3 Å². The molecule has 2 atom stereocenters. The molecule has 0 bridgehead atoms. The van der Waals surface area contributed by atoms with Crippen LogP contribution in [0.5, 0.6) is 0 Å². The van der Waals surface area contributed by atoms with Crippen LogP contribution < -0.4 is 5.32 Å². The van der Waals surface area contributed by atoms with E-state index in [9.17, 15) is 8.78 Å². The van der Waals surface area contributed by atoms with Crippen LogP contribution in [0.15, 0.2) is 54.9 Å². The molecule has 39 heavy (non-hydrogen) atoms. The summed E-state index contributed by atoms with van der Waals surface area (Å²) >= 11 is 0. The Hall–Kier alpha value is -3.89. The van der Waals surface area contributed by atoms with Gasteiger partial charge in [-0.25, -0.2) is 13.8 Å². The SMILES string of the molecule is CCn1cc(C2(C3CCOCC3)N[C@@H](c3nc(-c4ccc(F)cc4)n[nH]3)Cc3c2[nH]c2ccc(F)cc32)cn1. The summed E-state index contributed by atoms with van der Waals surface area (Å²) in [6, 6.07) is 10.8. The first kappa shape index (κ1) is 24.2. The van der Waals surface area contributed by atoms with Crippen molar-refractivity contribution in [3.05, 3.63) is 89.1 Å². The molecule has 3 N–H and O–H groups in total. The number of aromatic amines is 2. The molecule has 5 heterocycles. The van der Waals surface area contributed by atoms with Crippen molar-refractivity contribution in [2.75, 3.05) is 13.2 Å². The van der Waals surface area contributed by atoms with Gasteiger partial charge in [0.15, 0.2) is 5.82 Å². The van der Waals surface area contributed by atoms with Crippen LogP contribution >= 0.6 is 0 Å². The van der Waals surface area contributed by atoms with Crippen LogP contribution in [0, 0.1) is 17.6 Å². The van der Waals surface area contributed by atoms with Gasteiger partial charge in [-0.1, -0.05) is 0 Å². The minimum Gasteiger partial charge on any atom is -0.381 e. The molecule has 1 unspecified atom stereocenters. The van der Waals surface area contributed by atoms with Gasteiger partial charge in [0.1, 0.15) is 17.5 Å². The van der Waals surface area contributed by atoms with Crippen molar-refractivity contribution in [2.45, 2.75) is 44.3 Å². The molecule has 1 fully saturated rings. The van der Waals surface area contributed by atoms with E-state index < -0.39 is 5.54 Å². The van der Waals surface area contributed by atoms with Crippen LogP contribution in [0.25, 0.3) is 22.3 Å². The van der Waals surface area contributed by atoms with Gasteiger partial charge in [0, 0.05) is 53.7 Å². The van der Waals surface area contributed by atoms with Crippen molar-refractivity contribution >= 4 is 10.9 Å². The first-order valence-electron chi connectivity index (χ1n) is 13.4. The molecule has 10 heteroatoms. The van der Waals surface area contributed by atoms with E-state index in [4.69, 9.17) is 9.72 Å². The second-order valence-electron chi connectivity index (χ2n) is 10.4. The molecule has 1 saturated heterocycles. The Bertz CT molecular complexity index is 1630. The maximum absolute atomic E-state index is 14.5. The first-order valence-corrected chi connectivity index (χ1v) is 13.4. The van der Waals surface area contributed by atoms with Crippen molar-refractivity contribution in [1.29, 1.82) is 0 Å². The molecule has 2 aliphatic heterocycles. The fraction of sp³-hybridized carbons (Fsp3) is 0.345. The molecule has 200 valence electrons. The highest BCUT2D eigenvalue weighted by Gasteiger charge is 2.50. The lowest BCUT2D eigenvalue weighted by Gasteiger charge is -2.47. The normalized spacial score (nSPS) is 21.9. The summed E-state index contributed by atoms with van der Waals surface area (Å²) in [5.74, 6) is 0.785. The summed E-state index contributed by atoms with van der Waals surface area (Å²) < 4.78 is 35.7. The zero-order chi connectivity index (χ0) is 26.6. The van der Waals surface area contributed by atoms with Gasteiger partial charge in [-0.2, -0.15) is 10.2 Å². The average molecular weight is 530 g/mol. The maximum Gasteiger partial charge on any atom is 0.181 e. The third kappa shape index (κ3) is 3.97. The van der Waals surface area contributed by atoms with Crippen molar-refractivity contribution in [3.8, 4) is 11.4 Å². The minimum atomic E-state index is -0.631. The molecule has 7 rings (SSSR count). The van der Waals surface area contributed by atoms with Gasteiger partial charge in [-0.05, 0) is 80.1 Å². The van der Waals surface area contributed by atoms with Crippen molar-refractivity contribution < 1.29 is 13.5 Å². The molecule has 5 aromatic rings. The number of rotatable bonds is 5. The topological polar surface area (TPSA) is 96.4 Å². The molecule has 2 aliphatic rings. The predicted molar refractivity (Wildman–Crippen MR) is 142 cm³/mol. The fourth-order valence-electron chi connectivity index (χ4n) is 6.35. The highest BCUT2D eigenvalue weighted by atomic mass is 19.1. The molecular formula is C29H29F2N7O. The quantitative estimate of drug-likeness (QED) is 0.298. The van der Waals surface area contributed by atoms with E-state index in [2.05, 4.69) is 38.7 Å². The maximum atomic E-state index is 14.5. The summed E-state index contributed by atoms with van der Waals surface area (Å²) in [6.45, 7) is 4.16. The van der Waals surface area contributed by atoms with E-state index in [1.807, 2.05) is 16.9 Å². The zero-order valence-corrected chi connectivity index (χ0v) is 21.5. The lowest BCUT2D eigenvalue weighted by Crippen LogP contribution is -2.55.